The molecule has 0 radical (unpaired) electrons. The van der Waals surface area contributed by atoms with Crippen LogP contribution in [0.2, 0.25) is 0 Å². The Morgan fingerprint density at radius 3 is 2.70 bits per heavy atom. The molecule has 1 saturated carbocycles. The van der Waals surface area contributed by atoms with Gasteiger partial charge in [-0.25, -0.2) is 4.98 Å². The normalized spacial score (nSPS) is 17.0. The third-order valence-corrected chi connectivity index (χ3v) is 7.99. The summed E-state index contributed by atoms with van der Waals surface area (Å²) in [5.41, 5.74) is 3.02. The van der Waals surface area contributed by atoms with Gasteiger partial charge in [0.15, 0.2) is 11.5 Å². The molecular formula is C26H31N3O3S. The average Bonchev–Trinajstić information content (AvgIpc) is 3.33. The lowest BCUT2D eigenvalue weighted by Crippen LogP contribution is -2.36. The SMILES string of the molecule is COc1ccc(-c2ccc(CN3CCc4nc(C5CCCCC5)[nH]c(=O)c4C3)s2)cc1OC. The van der Waals surface area contributed by atoms with Crippen molar-refractivity contribution in [2.75, 3.05) is 20.8 Å². The summed E-state index contributed by atoms with van der Waals surface area (Å²) in [4.78, 5) is 25.7. The van der Waals surface area contributed by atoms with Gasteiger partial charge in [0, 0.05) is 41.7 Å². The Labute approximate surface area is 198 Å². The van der Waals surface area contributed by atoms with Gasteiger partial charge in [0.1, 0.15) is 5.82 Å². The molecule has 1 aliphatic heterocycles. The molecule has 0 saturated heterocycles. The third kappa shape index (κ3) is 4.70. The molecule has 1 N–H and O–H groups in total. The first-order valence-electron chi connectivity index (χ1n) is 11.8. The maximum absolute atomic E-state index is 12.9. The molecule has 0 spiro atoms. The highest BCUT2D eigenvalue weighted by atomic mass is 32.1. The minimum absolute atomic E-state index is 0.0578. The van der Waals surface area contributed by atoms with Gasteiger partial charge in [-0.3, -0.25) is 9.69 Å². The van der Waals surface area contributed by atoms with Crippen molar-refractivity contribution in [2.24, 2.45) is 0 Å². The summed E-state index contributed by atoms with van der Waals surface area (Å²) in [6.45, 7) is 2.42. The molecule has 0 bridgehead atoms. The second-order valence-electron chi connectivity index (χ2n) is 9.01. The lowest BCUT2D eigenvalue weighted by Gasteiger charge is -2.28. The Kier molecular flexibility index (Phi) is 6.51. The van der Waals surface area contributed by atoms with Gasteiger partial charge in [0.2, 0.25) is 0 Å². The molecule has 33 heavy (non-hydrogen) atoms. The van der Waals surface area contributed by atoms with Crippen LogP contribution in [-0.4, -0.2) is 35.6 Å². The standard InChI is InChI=1S/C26H31N3O3S/c1-31-22-10-8-18(14-23(22)32-2)24-11-9-19(33-24)15-29-13-12-21-20(16-29)26(30)28-25(27-21)17-6-4-3-5-7-17/h8-11,14,17H,3-7,12-13,15-16H2,1-2H3,(H,27,28,30). The van der Waals surface area contributed by atoms with E-state index in [1.807, 2.05) is 12.1 Å². The van der Waals surface area contributed by atoms with Gasteiger partial charge < -0.3 is 14.5 Å². The Bertz CT molecular complexity index is 1180. The van der Waals surface area contributed by atoms with E-state index in [2.05, 4.69) is 28.1 Å². The number of methoxy groups -OCH3 is 2. The van der Waals surface area contributed by atoms with E-state index in [0.29, 0.717) is 12.5 Å². The van der Waals surface area contributed by atoms with E-state index < -0.39 is 0 Å². The highest BCUT2D eigenvalue weighted by Crippen LogP contribution is 2.36. The van der Waals surface area contributed by atoms with E-state index >= 15 is 0 Å². The number of hydrogen-bond donors (Lipinski definition) is 1. The number of thiophene rings is 1. The number of ether oxygens (including phenoxy) is 2. The van der Waals surface area contributed by atoms with Crippen molar-refractivity contribution in [1.29, 1.82) is 0 Å². The summed E-state index contributed by atoms with van der Waals surface area (Å²) in [5.74, 6) is 2.81. The molecule has 1 fully saturated rings. The van der Waals surface area contributed by atoms with Crippen molar-refractivity contribution in [3.8, 4) is 21.9 Å². The molecule has 3 aromatic rings. The minimum Gasteiger partial charge on any atom is -0.493 e. The maximum Gasteiger partial charge on any atom is 0.255 e. The molecule has 0 atom stereocenters. The summed E-state index contributed by atoms with van der Waals surface area (Å²) in [6, 6.07) is 10.4. The molecule has 6 nitrogen and oxygen atoms in total. The van der Waals surface area contributed by atoms with E-state index in [1.54, 1.807) is 25.6 Å². The lowest BCUT2D eigenvalue weighted by molar-refractivity contribution is 0.243. The van der Waals surface area contributed by atoms with Crippen LogP contribution in [-0.2, 0) is 19.5 Å². The molecule has 7 heteroatoms. The quantitative estimate of drug-likeness (QED) is 0.547. The first-order chi connectivity index (χ1) is 16.1. The van der Waals surface area contributed by atoms with Crippen LogP contribution in [0.5, 0.6) is 11.5 Å². The molecule has 174 valence electrons. The fraction of sp³-hybridized carbons (Fsp3) is 0.462. The van der Waals surface area contributed by atoms with Gasteiger partial charge in [0.05, 0.1) is 25.5 Å². The molecule has 5 rings (SSSR count). The van der Waals surface area contributed by atoms with E-state index in [0.717, 1.165) is 66.5 Å². The van der Waals surface area contributed by atoms with Crippen LogP contribution in [0.1, 0.15) is 60.0 Å². The van der Waals surface area contributed by atoms with Crippen molar-refractivity contribution in [3.63, 3.8) is 0 Å². The van der Waals surface area contributed by atoms with Crippen LogP contribution in [0.3, 0.4) is 0 Å². The first-order valence-corrected chi connectivity index (χ1v) is 12.6. The number of hydrogen-bond acceptors (Lipinski definition) is 6. The smallest absolute Gasteiger partial charge is 0.255 e. The predicted octanol–water partition coefficient (Wildman–Crippen LogP) is 5.12. The van der Waals surface area contributed by atoms with Gasteiger partial charge >= 0.3 is 0 Å². The number of fused-ring (bicyclic) bond motifs is 1. The van der Waals surface area contributed by atoms with E-state index in [-0.39, 0.29) is 5.56 Å². The van der Waals surface area contributed by atoms with Crippen LogP contribution in [0.25, 0.3) is 10.4 Å². The molecule has 0 unspecified atom stereocenters. The molecule has 0 amide bonds. The summed E-state index contributed by atoms with van der Waals surface area (Å²) < 4.78 is 10.8. The zero-order chi connectivity index (χ0) is 22.8. The second kappa shape index (κ2) is 9.69. The summed E-state index contributed by atoms with van der Waals surface area (Å²) >= 11 is 1.78. The van der Waals surface area contributed by atoms with Crippen molar-refractivity contribution in [3.05, 3.63) is 62.6 Å². The number of nitrogens with one attached hydrogen (secondary N) is 1. The minimum atomic E-state index is 0.0578. The highest BCUT2D eigenvalue weighted by molar-refractivity contribution is 7.15. The summed E-state index contributed by atoms with van der Waals surface area (Å²) in [6.07, 6.45) is 6.92. The number of rotatable bonds is 6. The monoisotopic (exact) mass is 465 g/mol. The Morgan fingerprint density at radius 2 is 1.91 bits per heavy atom. The fourth-order valence-electron chi connectivity index (χ4n) is 5.03. The molecule has 2 aromatic heterocycles. The topological polar surface area (TPSA) is 67.5 Å². The third-order valence-electron chi connectivity index (χ3n) is 6.87. The van der Waals surface area contributed by atoms with Crippen molar-refractivity contribution >= 4 is 11.3 Å². The summed E-state index contributed by atoms with van der Waals surface area (Å²) in [7, 11) is 3.30. The Hall–Kier alpha value is -2.64. The number of H-pyrrole nitrogens is 1. The van der Waals surface area contributed by atoms with Gasteiger partial charge in [-0.2, -0.15) is 0 Å². The lowest BCUT2D eigenvalue weighted by atomic mass is 9.88. The average molecular weight is 466 g/mol. The van der Waals surface area contributed by atoms with Gasteiger partial charge in [-0.1, -0.05) is 19.3 Å². The van der Waals surface area contributed by atoms with Gasteiger partial charge in [0.25, 0.3) is 5.56 Å². The zero-order valence-electron chi connectivity index (χ0n) is 19.4. The fourth-order valence-corrected chi connectivity index (χ4v) is 6.08. The highest BCUT2D eigenvalue weighted by Gasteiger charge is 2.25. The van der Waals surface area contributed by atoms with Crippen LogP contribution in [0.4, 0.5) is 0 Å². The maximum atomic E-state index is 12.9. The van der Waals surface area contributed by atoms with Crippen LogP contribution in [0.15, 0.2) is 35.1 Å². The number of nitrogens with zero attached hydrogens (tertiary/aromatic N) is 2. The second-order valence-corrected chi connectivity index (χ2v) is 10.2. The summed E-state index contributed by atoms with van der Waals surface area (Å²) in [5, 5.41) is 0. The van der Waals surface area contributed by atoms with Crippen LogP contribution >= 0.6 is 11.3 Å². The van der Waals surface area contributed by atoms with E-state index in [1.165, 1.54) is 29.0 Å². The van der Waals surface area contributed by atoms with E-state index in [4.69, 9.17) is 14.5 Å². The van der Waals surface area contributed by atoms with Gasteiger partial charge in [-0.05, 0) is 48.7 Å². The number of aromatic amines is 1. The molecule has 1 aliphatic carbocycles. The molecule has 2 aliphatic rings. The Morgan fingerprint density at radius 1 is 1.09 bits per heavy atom. The van der Waals surface area contributed by atoms with Crippen LogP contribution in [0, 0.1) is 0 Å². The zero-order valence-corrected chi connectivity index (χ0v) is 20.2. The predicted molar refractivity (Wildman–Crippen MR) is 131 cm³/mol. The van der Waals surface area contributed by atoms with Crippen molar-refractivity contribution in [2.45, 2.75) is 57.5 Å². The molecule has 3 heterocycles. The van der Waals surface area contributed by atoms with Crippen LogP contribution < -0.4 is 15.0 Å². The van der Waals surface area contributed by atoms with Crippen molar-refractivity contribution in [1.82, 2.24) is 14.9 Å². The first kappa shape index (κ1) is 22.2. The Balaban J connectivity index is 1.29. The van der Waals surface area contributed by atoms with Crippen molar-refractivity contribution < 1.29 is 9.47 Å². The van der Waals surface area contributed by atoms with E-state index in [9.17, 15) is 4.79 Å². The molecule has 1 aromatic carbocycles. The number of aromatic nitrogens is 2. The largest absolute Gasteiger partial charge is 0.493 e. The molecular weight excluding hydrogens is 434 g/mol. The van der Waals surface area contributed by atoms with Gasteiger partial charge in [-0.15, -0.1) is 11.3 Å². The number of benzene rings is 1.